The maximum absolute atomic E-state index is 10.7. The standard InChI is InChI=1S/C6H13NO4S/c7-6(8)3-1-2-5(4-6)12(9,10)11/h5,8H,1-4,7H2,(H,9,10,11). The van der Waals surface area contributed by atoms with Gasteiger partial charge in [-0.1, -0.05) is 0 Å². The van der Waals surface area contributed by atoms with Gasteiger partial charge in [0, 0.05) is 6.42 Å². The van der Waals surface area contributed by atoms with E-state index in [0.29, 0.717) is 19.3 Å². The second-order valence-electron chi connectivity index (χ2n) is 3.34. The Hall–Kier alpha value is -0.170. The highest BCUT2D eigenvalue weighted by atomic mass is 32.2. The average molecular weight is 195 g/mol. The van der Waals surface area contributed by atoms with Crippen LogP contribution in [0.3, 0.4) is 0 Å². The third kappa shape index (κ3) is 2.41. The molecule has 1 rings (SSSR count). The minimum Gasteiger partial charge on any atom is -0.376 e. The van der Waals surface area contributed by atoms with E-state index in [2.05, 4.69) is 0 Å². The van der Waals surface area contributed by atoms with E-state index in [4.69, 9.17) is 10.3 Å². The van der Waals surface area contributed by atoms with Crippen molar-refractivity contribution in [2.24, 2.45) is 5.73 Å². The van der Waals surface area contributed by atoms with Crippen LogP contribution in [0.15, 0.2) is 0 Å². The van der Waals surface area contributed by atoms with Gasteiger partial charge in [-0.25, -0.2) is 0 Å². The highest BCUT2D eigenvalue weighted by molar-refractivity contribution is 7.86. The maximum atomic E-state index is 10.7. The van der Waals surface area contributed by atoms with Crippen LogP contribution in [-0.4, -0.2) is 29.1 Å². The van der Waals surface area contributed by atoms with Gasteiger partial charge in [0.15, 0.2) is 0 Å². The molecule has 0 aromatic rings. The normalized spacial score (nSPS) is 38.1. The fourth-order valence-corrected chi connectivity index (χ4v) is 2.45. The van der Waals surface area contributed by atoms with E-state index in [1.165, 1.54) is 0 Å². The van der Waals surface area contributed by atoms with E-state index >= 15 is 0 Å². The second kappa shape index (κ2) is 2.95. The molecular formula is C6H13NO4S. The molecular weight excluding hydrogens is 182 g/mol. The first kappa shape index (κ1) is 9.91. The first-order valence-corrected chi connectivity index (χ1v) is 5.29. The summed E-state index contributed by atoms with van der Waals surface area (Å²) in [6.07, 6.45) is 1.21. The Balaban J connectivity index is 2.71. The van der Waals surface area contributed by atoms with Crippen LogP contribution >= 0.6 is 0 Å². The van der Waals surface area contributed by atoms with Crippen LogP contribution in [0.2, 0.25) is 0 Å². The van der Waals surface area contributed by atoms with Crippen molar-refractivity contribution in [3.63, 3.8) is 0 Å². The third-order valence-corrected chi connectivity index (χ3v) is 3.38. The summed E-state index contributed by atoms with van der Waals surface area (Å²) in [5.41, 5.74) is 3.91. The van der Waals surface area contributed by atoms with E-state index in [1.807, 2.05) is 0 Å². The fourth-order valence-electron chi connectivity index (χ4n) is 1.49. The SMILES string of the molecule is NC1(O)CCCC(S(=O)(=O)O)C1. The van der Waals surface area contributed by atoms with Crippen LogP contribution in [0.5, 0.6) is 0 Å². The summed E-state index contributed by atoms with van der Waals surface area (Å²) >= 11 is 0. The summed E-state index contributed by atoms with van der Waals surface area (Å²) in [7, 11) is -4.04. The van der Waals surface area contributed by atoms with Crippen molar-refractivity contribution in [1.29, 1.82) is 0 Å². The molecule has 0 aliphatic heterocycles. The van der Waals surface area contributed by atoms with Gasteiger partial charge in [-0.05, 0) is 19.3 Å². The molecule has 1 aliphatic carbocycles. The molecule has 6 heteroatoms. The Morgan fingerprint density at radius 1 is 1.50 bits per heavy atom. The van der Waals surface area contributed by atoms with Gasteiger partial charge in [-0.15, -0.1) is 0 Å². The lowest BCUT2D eigenvalue weighted by molar-refractivity contribution is 0.0108. The Bertz CT molecular complexity index is 259. The zero-order valence-electron chi connectivity index (χ0n) is 6.60. The minimum absolute atomic E-state index is 0.0775. The molecule has 12 heavy (non-hydrogen) atoms. The van der Waals surface area contributed by atoms with Gasteiger partial charge in [0.1, 0.15) is 5.72 Å². The highest BCUT2D eigenvalue weighted by Crippen LogP contribution is 2.27. The van der Waals surface area contributed by atoms with Crippen LogP contribution in [-0.2, 0) is 10.1 Å². The average Bonchev–Trinajstić information content (AvgIpc) is 1.83. The maximum Gasteiger partial charge on any atom is 0.267 e. The number of hydrogen-bond donors (Lipinski definition) is 3. The topological polar surface area (TPSA) is 101 Å². The molecule has 0 heterocycles. The minimum atomic E-state index is -4.04. The molecule has 0 radical (unpaired) electrons. The first-order chi connectivity index (χ1) is 5.31. The highest BCUT2D eigenvalue weighted by Gasteiger charge is 2.36. The molecule has 1 aliphatic rings. The van der Waals surface area contributed by atoms with Crippen LogP contribution in [0, 0.1) is 0 Å². The van der Waals surface area contributed by atoms with E-state index in [0.717, 1.165) is 0 Å². The Kier molecular flexibility index (Phi) is 2.44. The molecule has 0 saturated heterocycles. The molecule has 0 bridgehead atoms. The summed E-state index contributed by atoms with van der Waals surface area (Å²) in [4.78, 5) is 0. The smallest absolute Gasteiger partial charge is 0.267 e. The summed E-state index contributed by atoms with van der Waals surface area (Å²) in [6.45, 7) is 0. The molecule has 1 fully saturated rings. The van der Waals surface area contributed by atoms with E-state index in [-0.39, 0.29) is 6.42 Å². The second-order valence-corrected chi connectivity index (χ2v) is 5.03. The van der Waals surface area contributed by atoms with Gasteiger partial charge in [0.2, 0.25) is 0 Å². The van der Waals surface area contributed by atoms with E-state index in [1.54, 1.807) is 0 Å². The predicted molar refractivity (Wildman–Crippen MR) is 42.9 cm³/mol. The van der Waals surface area contributed by atoms with Crippen molar-refractivity contribution < 1.29 is 18.1 Å². The van der Waals surface area contributed by atoms with Crippen LogP contribution in [0.1, 0.15) is 25.7 Å². The largest absolute Gasteiger partial charge is 0.376 e. The number of hydrogen-bond acceptors (Lipinski definition) is 4. The Morgan fingerprint density at radius 3 is 2.42 bits per heavy atom. The molecule has 72 valence electrons. The van der Waals surface area contributed by atoms with Crippen molar-refractivity contribution >= 4 is 10.1 Å². The lowest BCUT2D eigenvalue weighted by atomic mass is 9.92. The molecule has 0 aromatic carbocycles. The molecule has 5 nitrogen and oxygen atoms in total. The summed E-state index contributed by atoms with van der Waals surface area (Å²) in [5, 5.41) is 8.41. The zero-order valence-corrected chi connectivity index (χ0v) is 7.42. The van der Waals surface area contributed by atoms with Gasteiger partial charge >= 0.3 is 0 Å². The molecule has 1 saturated carbocycles. The molecule has 0 amide bonds. The predicted octanol–water partition coefficient (Wildman–Crippen LogP) is -0.536. The molecule has 2 unspecified atom stereocenters. The quantitative estimate of drug-likeness (QED) is 0.385. The van der Waals surface area contributed by atoms with Gasteiger partial charge in [0.05, 0.1) is 5.25 Å². The summed E-state index contributed by atoms with van der Waals surface area (Å²) in [5.74, 6) is 0. The van der Waals surface area contributed by atoms with Crippen LogP contribution in [0.25, 0.3) is 0 Å². The number of nitrogens with two attached hydrogens (primary N) is 1. The van der Waals surface area contributed by atoms with E-state index < -0.39 is 21.1 Å². The number of rotatable bonds is 1. The van der Waals surface area contributed by atoms with Crippen molar-refractivity contribution in [3.8, 4) is 0 Å². The van der Waals surface area contributed by atoms with Crippen LogP contribution in [0.4, 0.5) is 0 Å². The Labute approximate surface area is 71.3 Å². The van der Waals surface area contributed by atoms with E-state index in [9.17, 15) is 13.5 Å². The van der Waals surface area contributed by atoms with Crippen molar-refractivity contribution in [2.75, 3.05) is 0 Å². The number of aliphatic hydroxyl groups is 1. The van der Waals surface area contributed by atoms with Crippen molar-refractivity contribution in [2.45, 2.75) is 36.7 Å². The molecule has 2 atom stereocenters. The van der Waals surface area contributed by atoms with Gasteiger partial charge in [-0.2, -0.15) is 8.42 Å². The zero-order chi connectivity index (χ0) is 9.41. The summed E-state index contributed by atoms with van der Waals surface area (Å²) < 4.78 is 30.0. The van der Waals surface area contributed by atoms with Gasteiger partial charge < -0.3 is 10.8 Å². The van der Waals surface area contributed by atoms with Crippen LogP contribution < -0.4 is 5.73 Å². The molecule has 0 spiro atoms. The fraction of sp³-hybridized carbons (Fsp3) is 1.00. The first-order valence-electron chi connectivity index (χ1n) is 3.79. The molecule has 4 N–H and O–H groups in total. The summed E-state index contributed by atoms with van der Waals surface area (Å²) in [6, 6.07) is 0. The Morgan fingerprint density at radius 2 is 2.08 bits per heavy atom. The molecule has 0 aromatic heterocycles. The monoisotopic (exact) mass is 195 g/mol. The van der Waals surface area contributed by atoms with Gasteiger partial charge in [0.25, 0.3) is 10.1 Å². The lowest BCUT2D eigenvalue weighted by Gasteiger charge is -2.31. The lowest BCUT2D eigenvalue weighted by Crippen LogP contribution is -2.47. The van der Waals surface area contributed by atoms with Crippen molar-refractivity contribution in [1.82, 2.24) is 0 Å². The third-order valence-electron chi connectivity index (χ3n) is 2.14. The van der Waals surface area contributed by atoms with Gasteiger partial charge in [-0.3, -0.25) is 4.55 Å². The van der Waals surface area contributed by atoms with Crippen molar-refractivity contribution in [3.05, 3.63) is 0 Å².